The summed E-state index contributed by atoms with van der Waals surface area (Å²) in [6.45, 7) is 0. The fourth-order valence-corrected chi connectivity index (χ4v) is 1.10. The van der Waals surface area contributed by atoms with E-state index in [1.54, 1.807) is 30.6 Å². The molecule has 2 rings (SSSR count). The second-order valence-corrected chi connectivity index (χ2v) is 3.08. The van der Waals surface area contributed by atoms with Crippen LogP contribution >= 0.6 is 0 Å². The molecule has 0 spiro atoms. The number of hydrogen-bond donors (Lipinski definition) is 2. The van der Waals surface area contributed by atoms with Crippen molar-refractivity contribution in [1.82, 2.24) is 4.98 Å². The van der Waals surface area contributed by atoms with Crippen molar-refractivity contribution in [2.75, 3.05) is 0 Å². The third-order valence-corrected chi connectivity index (χ3v) is 1.89. The van der Waals surface area contributed by atoms with Crippen molar-refractivity contribution in [2.45, 2.75) is 0 Å². The summed E-state index contributed by atoms with van der Waals surface area (Å²) in [5.41, 5.74) is 1.08. The van der Waals surface area contributed by atoms with E-state index >= 15 is 0 Å². The van der Waals surface area contributed by atoms with Gasteiger partial charge in [-0.1, -0.05) is 0 Å². The van der Waals surface area contributed by atoms with Gasteiger partial charge in [0.1, 0.15) is 5.69 Å². The Bertz CT molecular complexity index is 512. The normalized spacial score (nSPS) is 10.8. The molecule has 0 aliphatic heterocycles. The van der Waals surface area contributed by atoms with Crippen molar-refractivity contribution >= 4 is 11.4 Å². The quantitative estimate of drug-likeness (QED) is 0.597. The van der Waals surface area contributed by atoms with Gasteiger partial charge in [-0.05, 0) is 24.3 Å². The van der Waals surface area contributed by atoms with E-state index in [1.165, 1.54) is 12.1 Å². The Balaban J connectivity index is 2.21. The molecular formula is C11H9N3O2. The summed E-state index contributed by atoms with van der Waals surface area (Å²) in [5, 5.41) is 26.1. The van der Waals surface area contributed by atoms with Crippen LogP contribution in [0.3, 0.4) is 0 Å². The predicted molar refractivity (Wildman–Crippen MR) is 58.2 cm³/mol. The van der Waals surface area contributed by atoms with Gasteiger partial charge in [0.15, 0.2) is 11.5 Å². The van der Waals surface area contributed by atoms with Crippen molar-refractivity contribution in [2.24, 2.45) is 10.2 Å². The minimum absolute atomic E-state index is 0.180. The van der Waals surface area contributed by atoms with Crippen LogP contribution in [0.5, 0.6) is 11.5 Å². The van der Waals surface area contributed by atoms with Gasteiger partial charge < -0.3 is 10.2 Å². The summed E-state index contributed by atoms with van der Waals surface area (Å²) in [7, 11) is 0. The highest BCUT2D eigenvalue weighted by atomic mass is 16.3. The SMILES string of the molecule is Oc1ccc(N=Nc2cccnc2)cc1O. The first-order chi connectivity index (χ1) is 7.75. The van der Waals surface area contributed by atoms with Gasteiger partial charge in [-0.25, -0.2) is 0 Å². The van der Waals surface area contributed by atoms with Crippen LogP contribution in [-0.2, 0) is 0 Å². The molecule has 2 N–H and O–H groups in total. The fraction of sp³-hybridized carbons (Fsp3) is 0. The van der Waals surface area contributed by atoms with Gasteiger partial charge >= 0.3 is 0 Å². The number of aromatic hydroxyl groups is 2. The van der Waals surface area contributed by atoms with Crippen LogP contribution in [0, 0.1) is 0 Å². The molecule has 0 fully saturated rings. The number of hydrogen-bond acceptors (Lipinski definition) is 5. The predicted octanol–water partition coefficient (Wildman–Crippen LogP) is 2.91. The Kier molecular flexibility index (Phi) is 2.77. The molecule has 0 unspecified atom stereocenters. The lowest BCUT2D eigenvalue weighted by Crippen LogP contribution is -1.69. The molecule has 1 aromatic heterocycles. The average Bonchev–Trinajstić information content (AvgIpc) is 2.32. The third-order valence-electron chi connectivity index (χ3n) is 1.89. The highest BCUT2D eigenvalue weighted by Gasteiger charge is 1.99. The topological polar surface area (TPSA) is 78.1 Å². The van der Waals surface area contributed by atoms with Crippen molar-refractivity contribution < 1.29 is 10.2 Å². The summed E-state index contributed by atoms with van der Waals surface area (Å²) in [4.78, 5) is 3.89. The van der Waals surface area contributed by atoms with Crippen molar-refractivity contribution in [3.63, 3.8) is 0 Å². The van der Waals surface area contributed by atoms with Crippen LogP contribution < -0.4 is 0 Å². The van der Waals surface area contributed by atoms with Gasteiger partial charge in [0.25, 0.3) is 0 Å². The maximum absolute atomic E-state index is 9.23. The van der Waals surface area contributed by atoms with Crippen LogP contribution in [0.15, 0.2) is 53.0 Å². The van der Waals surface area contributed by atoms with E-state index in [0.29, 0.717) is 11.4 Å². The number of aromatic nitrogens is 1. The first-order valence-electron chi connectivity index (χ1n) is 4.59. The van der Waals surface area contributed by atoms with Gasteiger partial charge in [0.2, 0.25) is 0 Å². The molecular weight excluding hydrogens is 206 g/mol. The standard InChI is InChI=1S/C11H9N3O2/c15-10-4-3-8(6-11(10)16)13-14-9-2-1-5-12-7-9/h1-7,15-16H. The fourth-order valence-electron chi connectivity index (χ4n) is 1.10. The maximum Gasteiger partial charge on any atom is 0.159 e. The summed E-state index contributed by atoms with van der Waals surface area (Å²) in [5.74, 6) is -0.400. The first kappa shape index (κ1) is 10.1. The maximum atomic E-state index is 9.23. The number of phenols is 2. The molecule has 0 saturated carbocycles. The lowest BCUT2D eigenvalue weighted by molar-refractivity contribution is 0.404. The molecule has 16 heavy (non-hydrogen) atoms. The van der Waals surface area contributed by atoms with Crippen LogP contribution in [0.1, 0.15) is 0 Å². The van der Waals surface area contributed by atoms with Gasteiger partial charge in [-0.15, -0.1) is 5.11 Å². The number of pyridine rings is 1. The summed E-state index contributed by atoms with van der Waals surface area (Å²) < 4.78 is 0. The molecule has 0 amide bonds. The molecule has 80 valence electrons. The molecule has 0 atom stereocenters. The minimum Gasteiger partial charge on any atom is -0.504 e. The van der Waals surface area contributed by atoms with E-state index in [2.05, 4.69) is 15.2 Å². The Morgan fingerprint density at radius 2 is 1.75 bits per heavy atom. The Labute approximate surface area is 91.7 Å². The Morgan fingerprint density at radius 1 is 0.938 bits per heavy atom. The lowest BCUT2D eigenvalue weighted by Gasteiger charge is -1.97. The molecule has 0 aliphatic carbocycles. The first-order valence-corrected chi connectivity index (χ1v) is 4.59. The highest BCUT2D eigenvalue weighted by Crippen LogP contribution is 2.29. The van der Waals surface area contributed by atoms with E-state index in [-0.39, 0.29) is 11.5 Å². The molecule has 0 saturated heterocycles. The monoisotopic (exact) mass is 215 g/mol. The molecule has 1 aromatic carbocycles. The number of rotatable bonds is 2. The van der Waals surface area contributed by atoms with Gasteiger partial charge in [-0.3, -0.25) is 4.98 Å². The van der Waals surface area contributed by atoms with Crippen LogP contribution in [0.25, 0.3) is 0 Å². The van der Waals surface area contributed by atoms with E-state index in [0.717, 1.165) is 0 Å². The number of phenolic OH excluding ortho intramolecular Hbond substituents is 2. The highest BCUT2D eigenvalue weighted by molar-refractivity contribution is 5.50. The molecule has 5 nitrogen and oxygen atoms in total. The molecule has 0 aliphatic rings. The van der Waals surface area contributed by atoms with Gasteiger partial charge in [-0.2, -0.15) is 5.11 Å². The Morgan fingerprint density at radius 3 is 2.44 bits per heavy atom. The summed E-state index contributed by atoms with van der Waals surface area (Å²) >= 11 is 0. The zero-order valence-corrected chi connectivity index (χ0v) is 8.28. The van der Waals surface area contributed by atoms with Gasteiger partial charge in [0, 0.05) is 12.3 Å². The van der Waals surface area contributed by atoms with Crippen LogP contribution in [0.4, 0.5) is 11.4 Å². The number of nitrogens with zero attached hydrogens (tertiary/aromatic N) is 3. The zero-order valence-electron chi connectivity index (χ0n) is 8.28. The minimum atomic E-state index is -0.220. The molecule has 0 radical (unpaired) electrons. The smallest absolute Gasteiger partial charge is 0.159 e. The lowest BCUT2D eigenvalue weighted by atomic mass is 10.3. The summed E-state index contributed by atoms with van der Waals surface area (Å²) in [6.07, 6.45) is 3.22. The third kappa shape index (κ3) is 2.33. The summed E-state index contributed by atoms with van der Waals surface area (Å²) in [6, 6.07) is 7.75. The molecule has 5 heteroatoms. The van der Waals surface area contributed by atoms with Crippen LogP contribution in [-0.4, -0.2) is 15.2 Å². The van der Waals surface area contributed by atoms with E-state index in [9.17, 15) is 5.11 Å². The van der Waals surface area contributed by atoms with E-state index in [1.807, 2.05) is 0 Å². The van der Waals surface area contributed by atoms with Crippen molar-refractivity contribution in [3.05, 3.63) is 42.7 Å². The molecule has 2 aromatic rings. The number of benzene rings is 1. The average molecular weight is 215 g/mol. The number of azo groups is 1. The molecule has 1 heterocycles. The zero-order chi connectivity index (χ0) is 11.4. The molecule has 0 bridgehead atoms. The second kappa shape index (κ2) is 4.39. The van der Waals surface area contributed by atoms with Gasteiger partial charge in [0.05, 0.1) is 11.9 Å². The van der Waals surface area contributed by atoms with E-state index < -0.39 is 0 Å². The largest absolute Gasteiger partial charge is 0.504 e. The van der Waals surface area contributed by atoms with Crippen LogP contribution in [0.2, 0.25) is 0 Å². The second-order valence-electron chi connectivity index (χ2n) is 3.08. The van der Waals surface area contributed by atoms with Crippen molar-refractivity contribution in [1.29, 1.82) is 0 Å². The van der Waals surface area contributed by atoms with Crippen molar-refractivity contribution in [3.8, 4) is 11.5 Å². The Hall–Kier alpha value is -2.43. The van der Waals surface area contributed by atoms with E-state index in [4.69, 9.17) is 5.11 Å².